The maximum Gasteiger partial charge on any atom is 0.163 e. The van der Waals surface area contributed by atoms with Crippen LogP contribution in [0.4, 0.5) is 0 Å². The number of carbonyl (C=O) groups excluding carboxylic acids is 1. The molecule has 0 unspecified atom stereocenters. The predicted molar refractivity (Wildman–Crippen MR) is 57.5 cm³/mol. The van der Waals surface area contributed by atoms with Crippen molar-refractivity contribution in [2.75, 3.05) is 0 Å². The molecule has 1 rings (SSSR count). The number of pyridine rings is 1. The standard InChI is InChI=1S/C12H15NO/c1-4-6-10-9(3)13-8-7-11(10)12(14)5-2/h4,7-8H,1,5-6H2,2-3H3. The van der Waals surface area contributed by atoms with Crippen LogP contribution in [0.1, 0.15) is 35.0 Å². The molecule has 0 spiro atoms. The van der Waals surface area contributed by atoms with Gasteiger partial charge in [0.05, 0.1) is 0 Å². The molecule has 0 aliphatic carbocycles. The van der Waals surface area contributed by atoms with Gasteiger partial charge in [0.25, 0.3) is 0 Å². The first-order valence-corrected chi connectivity index (χ1v) is 4.79. The Labute approximate surface area is 84.7 Å². The summed E-state index contributed by atoms with van der Waals surface area (Å²) in [5.74, 6) is 0.173. The molecule has 74 valence electrons. The molecule has 0 N–H and O–H groups in total. The number of allylic oxidation sites excluding steroid dienone is 1. The fourth-order valence-electron chi connectivity index (χ4n) is 1.45. The van der Waals surface area contributed by atoms with Crippen LogP contribution in [0.3, 0.4) is 0 Å². The SMILES string of the molecule is C=CCc1c(C(=O)CC)ccnc1C. The smallest absolute Gasteiger partial charge is 0.163 e. The van der Waals surface area contributed by atoms with Gasteiger partial charge in [0.1, 0.15) is 0 Å². The molecule has 0 bridgehead atoms. The van der Waals surface area contributed by atoms with Gasteiger partial charge in [-0.05, 0) is 25.0 Å². The highest BCUT2D eigenvalue weighted by Crippen LogP contribution is 2.14. The van der Waals surface area contributed by atoms with E-state index in [1.54, 1.807) is 18.3 Å². The molecule has 0 saturated carbocycles. The van der Waals surface area contributed by atoms with Gasteiger partial charge in [-0.25, -0.2) is 0 Å². The largest absolute Gasteiger partial charge is 0.294 e. The molecule has 0 fully saturated rings. The van der Waals surface area contributed by atoms with E-state index in [-0.39, 0.29) is 5.78 Å². The zero-order valence-corrected chi connectivity index (χ0v) is 8.71. The van der Waals surface area contributed by atoms with Crippen molar-refractivity contribution in [3.63, 3.8) is 0 Å². The second-order valence-corrected chi connectivity index (χ2v) is 3.19. The van der Waals surface area contributed by atoms with E-state index >= 15 is 0 Å². The molecular formula is C12H15NO. The Balaban J connectivity index is 3.20. The molecule has 0 aromatic carbocycles. The molecular weight excluding hydrogens is 174 g/mol. The van der Waals surface area contributed by atoms with Gasteiger partial charge in [0.2, 0.25) is 0 Å². The quantitative estimate of drug-likeness (QED) is 0.538. The van der Waals surface area contributed by atoms with E-state index in [9.17, 15) is 4.79 Å². The fraction of sp³-hybridized carbons (Fsp3) is 0.333. The molecule has 2 heteroatoms. The van der Waals surface area contributed by atoms with E-state index in [0.29, 0.717) is 12.8 Å². The first kappa shape index (κ1) is 10.6. The summed E-state index contributed by atoms with van der Waals surface area (Å²) in [6.07, 6.45) is 4.73. The topological polar surface area (TPSA) is 30.0 Å². The molecule has 0 saturated heterocycles. The van der Waals surface area contributed by atoms with Crippen LogP contribution in [0.15, 0.2) is 24.9 Å². The van der Waals surface area contributed by atoms with Crippen molar-refractivity contribution in [1.29, 1.82) is 0 Å². The van der Waals surface area contributed by atoms with Crippen LogP contribution in [0.25, 0.3) is 0 Å². The van der Waals surface area contributed by atoms with Crippen LogP contribution < -0.4 is 0 Å². The van der Waals surface area contributed by atoms with Gasteiger partial charge < -0.3 is 0 Å². The van der Waals surface area contributed by atoms with Gasteiger partial charge in [0.15, 0.2) is 5.78 Å². The molecule has 0 aliphatic heterocycles. The lowest BCUT2D eigenvalue weighted by Gasteiger charge is -2.07. The number of aromatic nitrogens is 1. The van der Waals surface area contributed by atoms with Gasteiger partial charge in [-0.1, -0.05) is 13.0 Å². The maximum atomic E-state index is 11.6. The molecule has 0 atom stereocenters. The summed E-state index contributed by atoms with van der Waals surface area (Å²) in [6, 6.07) is 1.79. The molecule has 0 amide bonds. The Morgan fingerprint density at radius 2 is 2.36 bits per heavy atom. The van der Waals surface area contributed by atoms with Crippen LogP contribution in [0, 0.1) is 6.92 Å². The highest BCUT2D eigenvalue weighted by atomic mass is 16.1. The van der Waals surface area contributed by atoms with Crippen molar-refractivity contribution in [2.45, 2.75) is 26.7 Å². The average Bonchev–Trinajstić information content (AvgIpc) is 2.20. The third-order valence-corrected chi connectivity index (χ3v) is 2.24. The highest BCUT2D eigenvalue weighted by Gasteiger charge is 2.10. The number of nitrogens with zero attached hydrogens (tertiary/aromatic N) is 1. The summed E-state index contributed by atoms with van der Waals surface area (Å²) in [7, 11) is 0. The number of aryl methyl sites for hydroxylation is 1. The molecule has 0 radical (unpaired) electrons. The number of rotatable bonds is 4. The first-order valence-electron chi connectivity index (χ1n) is 4.79. The molecule has 2 nitrogen and oxygen atoms in total. The van der Waals surface area contributed by atoms with E-state index in [2.05, 4.69) is 11.6 Å². The first-order chi connectivity index (χ1) is 6.70. The van der Waals surface area contributed by atoms with Crippen molar-refractivity contribution < 1.29 is 4.79 Å². The summed E-state index contributed by atoms with van der Waals surface area (Å²) in [4.78, 5) is 15.8. The molecule has 14 heavy (non-hydrogen) atoms. The second-order valence-electron chi connectivity index (χ2n) is 3.19. The van der Waals surface area contributed by atoms with Crippen molar-refractivity contribution in [3.8, 4) is 0 Å². The van der Waals surface area contributed by atoms with E-state index in [0.717, 1.165) is 16.8 Å². The highest BCUT2D eigenvalue weighted by molar-refractivity contribution is 5.97. The Hall–Kier alpha value is -1.44. The number of Topliss-reactive ketones (excluding diaryl/α,β-unsaturated/α-hetero) is 1. The lowest BCUT2D eigenvalue weighted by Crippen LogP contribution is -2.05. The minimum Gasteiger partial charge on any atom is -0.294 e. The Morgan fingerprint density at radius 1 is 1.64 bits per heavy atom. The molecule has 1 aromatic rings. The van der Waals surface area contributed by atoms with Crippen LogP contribution in [0.5, 0.6) is 0 Å². The van der Waals surface area contributed by atoms with Crippen LogP contribution in [-0.2, 0) is 6.42 Å². The average molecular weight is 189 g/mol. The van der Waals surface area contributed by atoms with E-state index < -0.39 is 0 Å². The zero-order valence-electron chi connectivity index (χ0n) is 8.71. The molecule has 1 heterocycles. The van der Waals surface area contributed by atoms with Crippen molar-refractivity contribution in [2.24, 2.45) is 0 Å². The number of hydrogen-bond donors (Lipinski definition) is 0. The minimum absolute atomic E-state index is 0.173. The maximum absolute atomic E-state index is 11.6. The Bertz CT molecular complexity index is 355. The summed E-state index contributed by atoms with van der Waals surface area (Å²) in [5, 5.41) is 0. The zero-order chi connectivity index (χ0) is 10.6. The monoisotopic (exact) mass is 189 g/mol. The van der Waals surface area contributed by atoms with Crippen molar-refractivity contribution >= 4 is 5.78 Å². The van der Waals surface area contributed by atoms with Crippen molar-refractivity contribution in [3.05, 3.63) is 41.7 Å². The van der Waals surface area contributed by atoms with Crippen LogP contribution >= 0.6 is 0 Å². The molecule has 1 aromatic heterocycles. The number of hydrogen-bond acceptors (Lipinski definition) is 2. The van der Waals surface area contributed by atoms with E-state index in [4.69, 9.17) is 0 Å². The predicted octanol–water partition coefficient (Wildman–Crippen LogP) is 2.71. The third kappa shape index (κ3) is 2.08. The van der Waals surface area contributed by atoms with Crippen molar-refractivity contribution in [1.82, 2.24) is 4.98 Å². The Morgan fingerprint density at radius 3 is 2.93 bits per heavy atom. The minimum atomic E-state index is 0.173. The van der Waals surface area contributed by atoms with E-state index in [1.165, 1.54) is 0 Å². The number of carbonyl (C=O) groups is 1. The molecule has 0 aliphatic rings. The van der Waals surface area contributed by atoms with Crippen LogP contribution in [0.2, 0.25) is 0 Å². The second kappa shape index (κ2) is 4.70. The summed E-state index contributed by atoms with van der Waals surface area (Å²) in [5.41, 5.74) is 2.72. The summed E-state index contributed by atoms with van der Waals surface area (Å²) >= 11 is 0. The van der Waals surface area contributed by atoms with Gasteiger partial charge in [0, 0.05) is 23.9 Å². The van der Waals surface area contributed by atoms with Crippen LogP contribution in [-0.4, -0.2) is 10.8 Å². The summed E-state index contributed by atoms with van der Waals surface area (Å²) < 4.78 is 0. The fourth-order valence-corrected chi connectivity index (χ4v) is 1.45. The van der Waals surface area contributed by atoms with Gasteiger partial charge >= 0.3 is 0 Å². The summed E-state index contributed by atoms with van der Waals surface area (Å²) in [6.45, 7) is 7.48. The van der Waals surface area contributed by atoms with Gasteiger partial charge in [-0.2, -0.15) is 0 Å². The normalized spacial score (nSPS) is 9.86. The Kier molecular flexibility index (Phi) is 3.57. The van der Waals surface area contributed by atoms with Gasteiger partial charge in [-0.15, -0.1) is 6.58 Å². The lowest BCUT2D eigenvalue weighted by molar-refractivity contribution is 0.0987. The lowest BCUT2D eigenvalue weighted by atomic mass is 9.99. The van der Waals surface area contributed by atoms with E-state index in [1.807, 2.05) is 13.8 Å². The van der Waals surface area contributed by atoms with Gasteiger partial charge in [-0.3, -0.25) is 9.78 Å². The number of ketones is 1. The third-order valence-electron chi connectivity index (χ3n) is 2.24.